The van der Waals surface area contributed by atoms with Crippen LogP contribution in [0.5, 0.6) is 0 Å². The maximum Gasteiger partial charge on any atom is 1.00 e. The molecular weight excluding hydrogens is 400 g/mol. The number of carbonyl (C=O) groups excluding carboxylic acids is 4. The van der Waals surface area contributed by atoms with E-state index in [1.807, 2.05) is 0 Å². The van der Waals surface area contributed by atoms with Crippen molar-refractivity contribution < 1.29 is 169 Å². The van der Waals surface area contributed by atoms with Crippen LogP contribution in [0.1, 0.15) is 19.3 Å². The smallest absolute Gasteiger partial charge is 0.550 e. The second kappa shape index (κ2) is 23.0. The monoisotopic (exact) mass is 416 g/mol. The van der Waals surface area contributed by atoms with Crippen LogP contribution in [0.2, 0.25) is 0 Å². The zero-order valence-corrected chi connectivity index (χ0v) is 23.2. The SMILES string of the molecule is NC(CC(=O)[O-])C(CC(=O)[O-])(CC(=O)[O-])NCC(=O)[O-].O.O.[Na+].[Na+].[Na+].[Na+]. The van der Waals surface area contributed by atoms with Crippen LogP contribution in [0.3, 0.4) is 0 Å². The molecule has 0 bridgehead atoms. The molecule has 0 rings (SSSR count). The van der Waals surface area contributed by atoms with Crippen LogP contribution in [-0.4, -0.2) is 53.0 Å². The molecule has 0 aromatic rings. The van der Waals surface area contributed by atoms with E-state index < -0.39 is 61.3 Å². The van der Waals surface area contributed by atoms with Gasteiger partial charge in [0.2, 0.25) is 0 Å². The van der Waals surface area contributed by atoms with Crippen molar-refractivity contribution in [2.24, 2.45) is 5.73 Å². The van der Waals surface area contributed by atoms with Gasteiger partial charge in [-0.2, -0.15) is 0 Å². The number of hydrogen-bond donors (Lipinski definition) is 2. The van der Waals surface area contributed by atoms with Crippen molar-refractivity contribution in [1.29, 1.82) is 0 Å². The van der Waals surface area contributed by atoms with E-state index in [4.69, 9.17) is 5.73 Å². The molecule has 0 heterocycles. The first-order chi connectivity index (χ1) is 9.09. The van der Waals surface area contributed by atoms with E-state index >= 15 is 0 Å². The predicted octanol–water partition coefficient (Wildman–Crippen LogP) is -20.8. The van der Waals surface area contributed by atoms with Crippen LogP contribution in [0.4, 0.5) is 0 Å². The summed E-state index contributed by atoms with van der Waals surface area (Å²) < 4.78 is 0. The van der Waals surface area contributed by atoms with E-state index in [2.05, 4.69) is 5.32 Å². The zero-order chi connectivity index (χ0) is 15.9. The number of aliphatic carboxylic acids is 4. The summed E-state index contributed by atoms with van der Waals surface area (Å²) >= 11 is 0. The van der Waals surface area contributed by atoms with Crippen molar-refractivity contribution in [3.05, 3.63) is 0 Å². The molecule has 16 heteroatoms. The van der Waals surface area contributed by atoms with Crippen molar-refractivity contribution in [2.45, 2.75) is 30.8 Å². The molecular formula is C10H16N2Na4O10. The Morgan fingerprint density at radius 2 is 1.12 bits per heavy atom. The van der Waals surface area contributed by atoms with Gasteiger partial charge in [0.1, 0.15) is 0 Å². The number of nitrogens with two attached hydrogens (primary N) is 1. The number of rotatable bonds is 10. The van der Waals surface area contributed by atoms with Crippen LogP contribution < -0.4 is 150 Å². The van der Waals surface area contributed by atoms with Gasteiger partial charge < -0.3 is 61.6 Å². The Morgan fingerprint density at radius 1 is 0.769 bits per heavy atom. The maximum absolute atomic E-state index is 10.7. The van der Waals surface area contributed by atoms with Crippen LogP contribution in [-0.2, 0) is 19.2 Å². The largest absolute Gasteiger partial charge is 1.00 e. The molecule has 1 atom stereocenters. The number of carboxylic acids is 4. The molecule has 0 aliphatic rings. The Bertz CT molecular complexity index is 411. The van der Waals surface area contributed by atoms with Gasteiger partial charge in [0.15, 0.2) is 0 Å². The maximum atomic E-state index is 10.7. The molecule has 0 fully saturated rings. The summed E-state index contributed by atoms with van der Waals surface area (Å²) in [5.74, 6) is -6.81. The molecule has 0 amide bonds. The van der Waals surface area contributed by atoms with Crippen LogP contribution in [0.15, 0.2) is 0 Å². The van der Waals surface area contributed by atoms with Gasteiger partial charge in [-0.25, -0.2) is 0 Å². The van der Waals surface area contributed by atoms with Crippen molar-refractivity contribution in [2.75, 3.05) is 6.54 Å². The average Bonchev–Trinajstić information content (AvgIpc) is 2.23. The van der Waals surface area contributed by atoms with Gasteiger partial charge in [0.25, 0.3) is 0 Å². The zero-order valence-electron chi connectivity index (χ0n) is 15.2. The number of carboxylic acid groups (broad SMARTS) is 4. The van der Waals surface area contributed by atoms with Gasteiger partial charge >= 0.3 is 118 Å². The summed E-state index contributed by atoms with van der Waals surface area (Å²) in [4.78, 5) is 42.3. The fourth-order valence-electron chi connectivity index (χ4n) is 1.72. The summed E-state index contributed by atoms with van der Waals surface area (Å²) in [5.41, 5.74) is 3.39. The molecule has 0 saturated carbocycles. The minimum absolute atomic E-state index is 0. The van der Waals surface area contributed by atoms with Gasteiger partial charge in [0.05, 0.1) is 5.97 Å². The summed E-state index contributed by atoms with van der Waals surface area (Å²) in [6.45, 7) is -0.929. The van der Waals surface area contributed by atoms with E-state index in [0.717, 1.165) is 0 Å². The molecule has 0 radical (unpaired) electrons. The summed E-state index contributed by atoms with van der Waals surface area (Å²) in [5, 5.41) is 44.3. The number of hydrogen-bond acceptors (Lipinski definition) is 10. The molecule has 1 unspecified atom stereocenters. The number of carbonyl (C=O) groups is 4. The van der Waals surface area contributed by atoms with Crippen LogP contribution in [0.25, 0.3) is 0 Å². The first kappa shape index (κ1) is 46.1. The van der Waals surface area contributed by atoms with E-state index in [0.29, 0.717) is 0 Å². The molecule has 0 aromatic carbocycles. The van der Waals surface area contributed by atoms with Crippen molar-refractivity contribution in [3.8, 4) is 0 Å². The Hall–Kier alpha value is 1.72. The third kappa shape index (κ3) is 20.5. The summed E-state index contributed by atoms with van der Waals surface area (Å²) in [6, 6.07) is -1.55. The second-order valence-electron chi connectivity index (χ2n) is 4.16. The minimum atomic E-state index is -2.07. The van der Waals surface area contributed by atoms with E-state index in [1.165, 1.54) is 0 Å². The van der Waals surface area contributed by atoms with E-state index in [1.54, 1.807) is 0 Å². The van der Waals surface area contributed by atoms with E-state index in [-0.39, 0.29) is 129 Å². The Balaban J connectivity index is -0.000000120. The van der Waals surface area contributed by atoms with Gasteiger partial charge in [-0.3, -0.25) is 0 Å². The third-order valence-electron chi connectivity index (χ3n) is 2.60. The molecule has 0 aliphatic carbocycles. The Kier molecular flexibility index (Phi) is 40.8. The van der Waals surface area contributed by atoms with Crippen molar-refractivity contribution >= 4 is 23.9 Å². The topological polar surface area (TPSA) is 262 Å². The van der Waals surface area contributed by atoms with Gasteiger partial charge in [-0.05, 0) is 0 Å². The molecule has 0 spiro atoms. The normalized spacial score (nSPS) is 9.73. The molecule has 0 aromatic heterocycles. The molecule has 0 aliphatic heterocycles. The third-order valence-corrected chi connectivity index (χ3v) is 2.60. The number of nitrogens with one attached hydrogen (secondary N) is 1. The van der Waals surface area contributed by atoms with Gasteiger partial charge in [-0.1, -0.05) is 0 Å². The van der Waals surface area contributed by atoms with Gasteiger partial charge in [0, 0.05) is 55.3 Å². The Morgan fingerprint density at radius 3 is 1.35 bits per heavy atom. The average molecular weight is 416 g/mol. The predicted molar refractivity (Wildman–Crippen MR) is 59.8 cm³/mol. The summed E-state index contributed by atoms with van der Waals surface area (Å²) in [6.07, 6.45) is -2.94. The van der Waals surface area contributed by atoms with Crippen LogP contribution in [0, 0.1) is 0 Å². The fraction of sp³-hybridized carbons (Fsp3) is 0.600. The second-order valence-corrected chi connectivity index (χ2v) is 4.16. The fourth-order valence-corrected chi connectivity index (χ4v) is 1.72. The quantitative estimate of drug-likeness (QED) is 0.317. The molecule has 26 heavy (non-hydrogen) atoms. The Labute approximate surface area is 237 Å². The minimum Gasteiger partial charge on any atom is -0.550 e. The summed E-state index contributed by atoms with van der Waals surface area (Å²) in [7, 11) is 0. The standard InChI is InChI=1S/C10H16N2O8.4Na.2H2O/c11-5(1-6(13)14)10(2-7(15)16,3-8(17)18)12-4-9(19)20;;;;;;/h5,12H,1-4,11H2,(H,13,14)(H,15,16)(H,17,18)(H,19,20);;;;;2*1H2/q;4*+1;;/p-4. The van der Waals surface area contributed by atoms with Crippen LogP contribution >= 0.6 is 0 Å². The first-order valence-corrected chi connectivity index (χ1v) is 5.39. The molecule has 0 saturated heterocycles. The van der Waals surface area contributed by atoms with Crippen molar-refractivity contribution in [3.63, 3.8) is 0 Å². The molecule has 130 valence electrons. The first-order valence-electron chi connectivity index (χ1n) is 5.39. The van der Waals surface area contributed by atoms with Crippen molar-refractivity contribution in [1.82, 2.24) is 5.32 Å². The van der Waals surface area contributed by atoms with Gasteiger partial charge in [-0.15, -0.1) is 0 Å². The molecule has 7 N–H and O–H groups in total. The molecule has 12 nitrogen and oxygen atoms in total. The van der Waals surface area contributed by atoms with E-state index in [9.17, 15) is 39.6 Å².